The second-order valence-electron chi connectivity index (χ2n) is 12.8. The van der Waals surface area contributed by atoms with Crippen LogP contribution in [0.1, 0.15) is 43.2 Å². The van der Waals surface area contributed by atoms with E-state index in [0.29, 0.717) is 45.1 Å². The molecule has 5 heterocycles. The van der Waals surface area contributed by atoms with Gasteiger partial charge >= 0.3 is 12.1 Å². The molecule has 6 rings (SSSR count). The van der Waals surface area contributed by atoms with Crippen LogP contribution in [-0.2, 0) is 17.9 Å². The number of hydrogen-bond acceptors (Lipinski definition) is 7. The molecule has 1 aromatic heterocycles. The number of rotatable bonds is 7. The average Bonchev–Trinajstić information content (AvgIpc) is 3.47. The highest BCUT2D eigenvalue weighted by Crippen LogP contribution is 2.46. The Morgan fingerprint density at radius 2 is 1.84 bits per heavy atom. The molecule has 0 aliphatic carbocycles. The van der Waals surface area contributed by atoms with Crippen LogP contribution in [0.15, 0.2) is 37.9 Å². The van der Waals surface area contributed by atoms with Gasteiger partial charge in [-0.1, -0.05) is 6.07 Å². The molecule has 1 aromatic carbocycles. The Bertz CT molecular complexity index is 1390. The molecule has 0 spiro atoms. The molecule has 10 nitrogen and oxygen atoms in total. The first-order chi connectivity index (χ1) is 21.2. The van der Waals surface area contributed by atoms with Crippen LogP contribution in [0.25, 0.3) is 0 Å². The maximum Gasteiger partial charge on any atom is 0.515 e. The number of urea groups is 1. The summed E-state index contributed by atoms with van der Waals surface area (Å²) in [6, 6.07) is 6.05. The highest BCUT2D eigenvalue weighted by molar-refractivity contribution is 9.13. The number of hydrogen-bond donors (Lipinski definition) is 2. The van der Waals surface area contributed by atoms with Crippen LogP contribution in [0.3, 0.4) is 0 Å². The zero-order valence-corrected chi connectivity index (χ0v) is 29.1. The predicted octanol–water partition coefficient (Wildman–Crippen LogP) is 5.48. The van der Waals surface area contributed by atoms with E-state index in [4.69, 9.17) is 0 Å². The number of nitrogens with one attached hydrogen (secondary N) is 1. The molecule has 3 amide bonds. The first-order valence-electron chi connectivity index (χ1n) is 15.4. The molecule has 0 radical (unpaired) electrons. The van der Waals surface area contributed by atoms with Crippen molar-refractivity contribution in [2.24, 2.45) is 0 Å². The summed E-state index contributed by atoms with van der Waals surface area (Å²) < 4.78 is 1.50. The summed E-state index contributed by atoms with van der Waals surface area (Å²) in [5.41, 5.74) is 1.81. The fourth-order valence-electron chi connectivity index (χ4n) is 8.09. The van der Waals surface area contributed by atoms with Gasteiger partial charge in [0.2, 0.25) is 0 Å². The number of benzene rings is 1. The SMILES string of the molecule is CN1CCC(N2CCN(C3(CC=O)CC(N4Cc5cscc5NC4=O)CC[N@+]3(Cc3ccc(Br)c(Br)c3)C(=O)O)CC2)CC1. The number of anilines is 1. The normalized spacial score (nSPS) is 29.3. The van der Waals surface area contributed by atoms with E-state index in [1.807, 2.05) is 28.5 Å². The first kappa shape index (κ1) is 32.1. The molecule has 3 saturated heterocycles. The lowest BCUT2D eigenvalue weighted by molar-refractivity contribution is -0.942. The van der Waals surface area contributed by atoms with Crippen LogP contribution < -0.4 is 5.32 Å². The Kier molecular flexibility index (Phi) is 9.55. The Morgan fingerprint density at radius 1 is 1.09 bits per heavy atom. The summed E-state index contributed by atoms with van der Waals surface area (Å²) in [5, 5.41) is 18.3. The minimum Gasteiger partial charge on any atom is -0.435 e. The molecule has 0 bridgehead atoms. The zero-order chi connectivity index (χ0) is 31.1. The first-order valence-corrected chi connectivity index (χ1v) is 18.0. The smallest absolute Gasteiger partial charge is 0.435 e. The van der Waals surface area contributed by atoms with Crippen LogP contribution in [0.4, 0.5) is 15.3 Å². The predicted molar refractivity (Wildman–Crippen MR) is 178 cm³/mol. The monoisotopic (exact) mass is 751 g/mol. The Labute approximate surface area is 279 Å². The van der Waals surface area contributed by atoms with Crippen LogP contribution in [0.2, 0.25) is 0 Å². The van der Waals surface area contributed by atoms with Crippen molar-refractivity contribution >= 4 is 67.3 Å². The van der Waals surface area contributed by atoms with Gasteiger partial charge in [-0.05, 0) is 82.4 Å². The molecule has 3 fully saturated rings. The van der Waals surface area contributed by atoms with Gasteiger partial charge in [0.15, 0.2) is 5.66 Å². The quantitative estimate of drug-likeness (QED) is 0.286. The van der Waals surface area contributed by atoms with Gasteiger partial charge in [0.25, 0.3) is 0 Å². The lowest BCUT2D eigenvalue weighted by atomic mass is 9.82. The van der Waals surface area contributed by atoms with Crippen LogP contribution in [0.5, 0.6) is 0 Å². The number of fused-ring (bicyclic) bond motifs is 1. The van der Waals surface area contributed by atoms with Gasteiger partial charge < -0.3 is 25.0 Å². The number of piperazine rings is 1. The Balaban J connectivity index is 1.35. The van der Waals surface area contributed by atoms with Gasteiger partial charge in [0, 0.05) is 76.6 Å². The molecule has 2 unspecified atom stereocenters. The van der Waals surface area contributed by atoms with Crippen molar-refractivity contribution in [3.8, 4) is 0 Å². The highest BCUT2D eigenvalue weighted by atomic mass is 79.9. The summed E-state index contributed by atoms with van der Waals surface area (Å²) >= 11 is 8.71. The van der Waals surface area contributed by atoms with Crippen LogP contribution >= 0.6 is 43.2 Å². The van der Waals surface area contributed by atoms with Crippen molar-refractivity contribution in [2.45, 2.75) is 62.9 Å². The van der Waals surface area contributed by atoms with E-state index in [1.165, 1.54) is 0 Å². The molecular formula is C31H41Br2N6O4S+. The third-order valence-corrected chi connectivity index (χ3v) is 13.2. The van der Waals surface area contributed by atoms with E-state index in [-0.39, 0.29) is 29.5 Å². The third kappa shape index (κ3) is 5.89. The molecule has 4 aliphatic heterocycles. The van der Waals surface area contributed by atoms with E-state index >= 15 is 0 Å². The number of nitrogens with zero attached hydrogens (tertiary/aromatic N) is 5. The maximum absolute atomic E-state index is 13.7. The van der Waals surface area contributed by atoms with Crippen molar-refractivity contribution in [3.05, 3.63) is 49.0 Å². The van der Waals surface area contributed by atoms with E-state index < -0.39 is 11.8 Å². The highest BCUT2D eigenvalue weighted by Gasteiger charge is 2.64. The number of amides is 3. The third-order valence-electron chi connectivity index (χ3n) is 10.5. The zero-order valence-electron chi connectivity index (χ0n) is 25.1. The van der Waals surface area contributed by atoms with Gasteiger partial charge in [-0.3, -0.25) is 4.90 Å². The summed E-state index contributed by atoms with van der Waals surface area (Å²) in [5.74, 6) is 0. The molecule has 238 valence electrons. The lowest BCUT2D eigenvalue weighted by Crippen LogP contribution is -2.79. The van der Waals surface area contributed by atoms with Crippen LogP contribution in [0, 0.1) is 0 Å². The minimum absolute atomic E-state index is 0.0842. The molecule has 4 aliphatic rings. The van der Waals surface area contributed by atoms with Gasteiger partial charge in [0.05, 0.1) is 25.2 Å². The number of aldehydes is 1. The van der Waals surface area contributed by atoms with E-state index in [2.05, 4.69) is 64.3 Å². The number of quaternary nitrogens is 1. The fraction of sp³-hybridized carbons (Fsp3) is 0.581. The second-order valence-corrected chi connectivity index (χ2v) is 15.3. The molecular weight excluding hydrogens is 712 g/mol. The number of likely N-dealkylation sites (tertiary alicyclic amines) is 2. The fourth-order valence-corrected chi connectivity index (χ4v) is 9.54. The number of carbonyl (C=O) groups is 3. The summed E-state index contributed by atoms with van der Waals surface area (Å²) in [6.07, 6.45) is 3.29. The number of carboxylic acid groups (broad SMARTS) is 1. The summed E-state index contributed by atoms with van der Waals surface area (Å²) in [7, 11) is 2.17. The molecule has 44 heavy (non-hydrogen) atoms. The number of thiophene rings is 1. The second kappa shape index (κ2) is 13.1. The summed E-state index contributed by atoms with van der Waals surface area (Å²) in [4.78, 5) is 48.8. The van der Waals surface area contributed by atoms with Crippen LogP contribution in [-0.4, -0.2) is 118 Å². The van der Waals surface area contributed by atoms with E-state index in [9.17, 15) is 19.5 Å². The van der Waals surface area contributed by atoms with Gasteiger partial charge in [0.1, 0.15) is 12.8 Å². The number of piperidine rings is 2. The van der Waals surface area contributed by atoms with E-state index in [0.717, 1.165) is 71.1 Å². The number of halogens is 2. The maximum atomic E-state index is 13.7. The van der Waals surface area contributed by atoms with E-state index in [1.54, 1.807) is 11.3 Å². The van der Waals surface area contributed by atoms with Crippen molar-refractivity contribution in [3.63, 3.8) is 0 Å². The van der Waals surface area contributed by atoms with Crippen molar-refractivity contribution < 1.29 is 24.0 Å². The van der Waals surface area contributed by atoms with Crippen molar-refractivity contribution in [1.29, 1.82) is 0 Å². The molecule has 2 aromatic rings. The lowest BCUT2D eigenvalue weighted by Gasteiger charge is -2.60. The van der Waals surface area contributed by atoms with Gasteiger partial charge in [-0.25, -0.2) is 14.2 Å². The molecule has 2 N–H and O–H groups in total. The standard InChI is InChI=1S/C31H40Br2N6O4S/c1-35-8-4-24(5-9-35)36-10-12-37(13-11-36)31(7-15-40)17-25(38-18-23-20-44-21-28(23)34-29(38)41)6-14-39(31,30(42)43)19-22-2-3-26(32)27(33)16-22/h2-3,15-16,20-21,24-25H,4-14,17-19H2,1H3,(H-,34,41,42,43)/p+1/t25?,31?,39-/m0/s1. The summed E-state index contributed by atoms with van der Waals surface area (Å²) in [6.45, 7) is 6.28. The average molecular weight is 754 g/mol. The van der Waals surface area contributed by atoms with Gasteiger partial charge in [-0.15, -0.1) is 11.3 Å². The van der Waals surface area contributed by atoms with Crippen molar-refractivity contribution in [2.75, 3.05) is 58.2 Å². The largest absolute Gasteiger partial charge is 0.515 e. The minimum atomic E-state index is -1.01. The van der Waals surface area contributed by atoms with Gasteiger partial charge in [-0.2, -0.15) is 4.79 Å². The molecule has 0 saturated carbocycles. The topological polar surface area (TPSA) is 96.4 Å². The Hall–Kier alpha value is -1.87. The molecule has 3 atom stereocenters. The van der Waals surface area contributed by atoms with Crippen molar-refractivity contribution in [1.82, 2.24) is 19.6 Å². The molecule has 13 heteroatoms. The number of carbonyl (C=O) groups excluding carboxylic acids is 2. The Morgan fingerprint density at radius 3 is 2.52 bits per heavy atom.